The van der Waals surface area contributed by atoms with Gasteiger partial charge in [0.25, 0.3) is 5.56 Å². The lowest BCUT2D eigenvalue weighted by molar-refractivity contribution is 0.0970. The lowest BCUT2D eigenvalue weighted by Gasteiger charge is -2.06. The Labute approximate surface area is 151 Å². The van der Waals surface area contributed by atoms with E-state index in [-0.39, 0.29) is 17.9 Å². The maximum Gasteiger partial charge on any atom is 0.262 e. The summed E-state index contributed by atoms with van der Waals surface area (Å²) in [4.78, 5) is 34.5. The normalized spacial score (nSPS) is 11.3. The molecule has 0 atom stereocenters. The Bertz CT molecular complexity index is 1140. The second-order valence-electron chi connectivity index (χ2n) is 5.68. The molecule has 0 spiro atoms. The molecule has 25 heavy (non-hydrogen) atoms. The predicted molar refractivity (Wildman–Crippen MR) is 99.1 cm³/mol. The van der Waals surface area contributed by atoms with E-state index in [4.69, 9.17) is 0 Å². The van der Waals surface area contributed by atoms with Crippen molar-refractivity contribution in [2.45, 2.75) is 20.4 Å². The topological polar surface area (TPSA) is 69.8 Å². The summed E-state index contributed by atoms with van der Waals surface area (Å²) in [6.07, 6.45) is 3.18. The van der Waals surface area contributed by atoms with Crippen LogP contribution in [0.3, 0.4) is 0 Å². The fourth-order valence-corrected chi connectivity index (χ4v) is 4.39. The van der Waals surface area contributed by atoms with Crippen LogP contribution in [0.4, 0.5) is 0 Å². The Morgan fingerprint density at radius 1 is 1.20 bits per heavy atom. The largest absolute Gasteiger partial charge is 0.294 e. The highest BCUT2D eigenvalue weighted by Crippen LogP contribution is 2.23. The highest BCUT2D eigenvalue weighted by atomic mass is 32.1. The summed E-state index contributed by atoms with van der Waals surface area (Å²) in [6, 6.07) is 3.59. The number of thiazole rings is 1. The van der Waals surface area contributed by atoms with Crippen LogP contribution in [0, 0.1) is 13.8 Å². The molecule has 6 nitrogen and oxygen atoms in total. The van der Waals surface area contributed by atoms with Gasteiger partial charge in [-0.2, -0.15) is 0 Å². The van der Waals surface area contributed by atoms with Gasteiger partial charge in [0.15, 0.2) is 10.9 Å². The number of aromatic nitrogens is 4. The summed E-state index contributed by atoms with van der Waals surface area (Å²) >= 11 is 2.93. The molecular weight excluding hydrogens is 356 g/mol. The third kappa shape index (κ3) is 2.63. The molecule has 4 rings (SSSR count). The molecule has 0 saturated carbocycles. The molecule has 0 aliphatic rings. The quantitative estimate of drug-likeness (QED) is 0.517. The van der Waals surface area contributed by atoms with Gasteiger partial charge in [0.2, 0.25) is 0 Å². The maximum atomic E-state index is 12.8. The summed E-state index contributed by atoms with van der Waals surface area (Å²) in [5, 5.41) is 5.10. The molecule has 8 heteroatoms. The molecule has 0 N–H and O–H groups in total. The molecule has 0 amide bonds. The summed E-state index contributed by atoms with van der Waals surface area (Å²) in [5.74, 6) is -0.116. The van der Waals surface area contributed by atoms with Crippen molar-refractivity contribution in [2.24, 2.45) is 0 Å². The lowest BCUT2D eigenvalue weighted by atomic mass is 10.1. The maximum absolute atomic E-state index is 12.8. The van der Waals surface area contributed by atoms with Gasteiger partial charge in [-0.25, -0.2) is 9.97 Å². The molecule has 0 unspecified atom stereocenters. The van der Waals surface area contributed by atoms with E-state index < -0.39 is 0 Å². The van der Waals surface area contributed by atoms with E-state index in [9.17, 15) is 9.59 Å². The summed E-state index contributed by atoms with van der Waals surface area (Å²) < 4.78 is 3.33. The minimum absolute atomic E-state index is 0.0280. The number of carbonyl (C=O) groups is 1. The van der Waals surface area contributed by atoms with Crippen LogP contribution in [0.5, 0.6) is 0 Å². The minimum Gasteiger partial charge on any atom is -0.294 e. The van der Waals surface area contributed by atoms with E-state index in [0.717, 1.165) is 16.5 Å². The number of fused-ring (bicyclic) bond motifs is 1. The molecule has 0 aliphatic heterocycles. The van der Waals surface area contributed by atoms with Crippen molar-refractivity contribution < 1.29 is 4.79 Å². The second-order valence-corrected chi connectivity index (χ2v) is 7.44. The summed E-state index contributed by atoms with van der Waals surface area (Å²) in [6.45, 7) is 3.81. The fraction of sp³-hybridized carbons (Fsp3) is 0.176. The van der Waals surface area contributed by atoms with Gasteiger partial charge in [0.05, 0.1) is 18.3 Å². The van der Waals surface area contributed by atoms with Crippen molar-refractivity contribution in [3.63, 3.8) is 0 Å². The molecule has 0 bridgehead atoms. The molecule has 0 radical (unpaired) electrons. The zero-order valence-electron chi connectivity index (χ0n) is 13.6. The van der Waals surface area contributed by atoms with Crippen LogP contribution in [0.2, 0.25) is 0 Å². The third-order valence-electron chi connectivity index (χ3n) is 4.11. The summed E-state index contributed by atoms with van der Waals surface area (Å²) in [5.41, 5.74) is 2.18. The van der Waals surface area contributed by atoms with E-state index in [1.165, 1.54) is 33.6 Å². The Morgan fingerprint density at radius 3 is 2.80 bits per heavy atom. The molecule has 0 fully saturated rings. The van der Waals surface area contributed by atoms with Crippen molar-refractivity contribution >= 4 is 38.7 Å². The number of Topliss-reactive ketones (excluding diaryl/α,β-unsaturated/α-hetero) is 1. The van der Waals surface area contributed by atoms with Crippen molar-refractivity contribution in [1.82, 2.24) is 19.1 Å². The van der Waals surface area contributed by atoms with Gasteiger partial charge in [-0.15, -0.1) is 22.7 Å². The van der Waals surface area contributed by atoms with Crippen molar-refractivity contribution in [3.8, 4) is 5.13 Å². The van der Waals surface area contributed by atoms with Crippen LogP contribution < -0.4 is 5.56 Å². The smallest absolute Gasteiger partial charge is 0.262 e. The second kappa shape index (κ2) is 6.05. The van der Waals surface area contributed by atoms with E-state index in [1.807, 2.05) is 35.2 Å². The SMILES string of the molecule is Cc1cc(C(=O)Cn2cnc3sccc3c2=O)c(C)n1-c1nccs1. The summed E-state index contributed by atoms with van der Waals surface area (Å²) in [7, 11) is 0. The van der Waals surface area contributed by atoms with Crippen LogP contribution in [0.15, 0.2) is 40.2 Å². The van der Waals surface area contributed by atoms with Crippen molar-refractivity contribution in [1.29, 1.82) is 0 Å². The van der Waals surface area contributed by atoms with Crippen LogP contribution in [-0.4, -0.2) is 24.9 Å². The first-order chi connectivity index (χ1) is 12.1. The first-order valence-electron chi connectivity index (χ1n) is 7.61. The Balaban J connectivity index is 1.71. The van der Waals surface area contributed by atoms with Gasteiger partial charge >= 0.3 is 0 Å². The first kappa shape index (κ1) is 15.9. The molecule has 0 aromatic carbocycles. The third-order valence-corrected chi connectivity index (χ3v) is 5.68. The molecule has 4 heterocycles. The Kier molecular flexibility index (Phi) is 3.85. The van der Waals surface area contributed by atoms with E-state index in [2.05, 4.69) is 9.97 Å². The number of carbonyl (C=O) groups excluding carboxylic acids is 1. The fourth-order valence-electron chi connectivity index (χ4n) is 2.91. The van der Waals surface area contributed by atoms with Crippen molar-refractivity contribution in [3.05, 3.63) is 62.7 Å². The number of nitrogens with zero attached hydrogens (tertiary/aromatic N) is 4. The number of hydrogen-bond donors (Lipinski definition) is 0. The average Bonchev–Trinajstić information content (AvgIpc) is 3.30. The number of ketones is 1. The molecule has 0 saturated heterocycles. The lowest BCUT2D eigenvalue weighted by Crippen LogP contribution is -2.24. The predicted octanol–water partition coefficient (Wildman–Crippen LogP) is 3.20. The van der Waals surface area contributed by atoms with Crippen LogP contribution in [-0.2, 0) is 6.54 Å². The van der Waals surface area contributed by atoms with E-state index in [0.29, 0.717) is 15.8 Å². The van der Waals surface area contributed by atoms with Crippen molar-refractivity contribution in [2.75, 3.05) is 0 Å². The highest BCUT2D eigenvalue weighted by molar-refractivity contribution is 7.16. The van der Waals surface area contributed by atoms with Crippen LogP contribution in [0.25, 0.3) is 15.3 Å². The standard InChI is InChI=1S/C17H14N4O2S2/c1-10-7-13(11(2)21(10)17-18-4-6-25-17)14(22)8-20-9-19-15-12(16(20)23)3-5-24-15/h3-7,9H,8H2,1-2H3. The zero-order chi connectivity index (χ0) is 17.6. The molecular formula is C17H14N4O2S2. The van der Waals surface area contributed by atoms with Gasteiger partial charge in [0.1, 0.15) is 4.83 Å². The van der Waals surface area contributed by atoms with Gasteiger partial charge in [-0.3, -0.25) is 18.7 Å². The van der Waals surface area contributed by atoms with Crippen LogP contribution >= 0.6 is 22.7 Å². The van der Waals surface area contributed by atoms with Gasteiger partial charge in [-0.1, -0.05) is 0 Å². The number of thiophene rings is 1. The zero-order valence-corrected chi connectivity index (χ0v) is 15.2. The Hall–Kier alpha value is -2.58. The van der Waals surface area contributed by atoms with E-state index in [1.54, 1.807) is 12.3 Å². The minimum atomic E-state index is -0.187. The molecule has 126 valence electrons. The van der Waals surface area contributed by atoms with Gasteiger partial charge in [0, 0.05) is 28.5 Å². The molecule has 0 aliphatic carbocycles. The van der Waals surface area contributed by atoms with Crippen LogP contribution in [0.1, 0.15) is 21.7 Å². The van der Waals surface area contributed by atoms with Gasteiger partial charge < -0.3 is 0 Å². The number of rotatable bonds is 4. The first-order valence-corrected chi connectivity index (χ1v) is 9.37. The monoisotopic (exact) mass is 370 g/mol. The van der Waals surface area contributed by atoms with Gasteiger partial charge in [-0.05, 0) is 31.4 Å². The number of aryl methyl sites for hydroxylation is 1. The Morgan fingerprint density at radius 2 is 2.04 bits per heavy atom. The average molecular weight is 370 g/mol. The molecule has 4 aromatic rings. The highest BCUT2D eigenvalue weighted by Gasteiger charge is 2.19. The number of hydrogen-bond acceptors (Lipinski definition) is 6. The molecule has 4 aromatic heterocycles. The van der Waals surface area contributed by atoms with E-state index >= 15 is 0 Å².